The highest BCUT2D eigenvalue weighted by Crippen LogP contribution is 2.21. The van der Waals surface area contributed by atoms with Gasteiger partial charge in [-0.15, -0.1) is 11.3 Å². The van der Waals surface area contributed by atoms with E-state index in [1.165, 1.54) is 11.3 Å². The standard InChI is InChI=1S/C7H6BrF3N2S2/c1-3(7(9,10)11)12-5(14)6-13-4(8)2-15-6/h2-3H,1H3,(H,12,14)/t3-/m0/s1. The van der Waals surface area contributed by atoms with Crippen LogP contribution in [-0.2, 0) is 0 Å². The minimum absolute atomic E-state index is 0.00975. The van der Waals surface area contributed by atoms with Gasteiger partial charge in [-0.05, 0) is 22.9 Å². The smallest absolute Gasteiger partial charge is 0.363 e. The van der Waals surface area contributed by atoms with Crippen molar-refractivity contribution < 1.29 is 13.2 Å². The van der Waals surface area contributed by atoms with Gasteiger partial charge in [-0.25, -0.2) is 4.98 Å². The summed E-state index contributed by atoms with van der Waals surface area (Å²) in [4.78, 5) is 3.92. The Hall–Kier alpha value is -0.210. The first-order chi connectivity index (χ1) is 6.80. The maximum Gasteiger partial charge on any atom is 0.408 e. The first kappa shape index (κ1) is 12.9. The van der Waals surface area contributed by atoms with E-state index in [2.05, 4.69) is 26.2 Å². The fourth-order valence-corrected chi connectivity index (χ4v) is 2.22. The lowest BCUT2D eigenvalue weighted by molar-refractivity contribution is -0.147. The van der Waals surface area contributed by atoms with Gasteiger partial charge in [0.05, 0.1) is 0 Å². The number of hydrogen-bond acceptors (Lipinski definition) is 3. The maximum absolute atomic E-state index is 12.2. The molecule has 0 fully saturated rings. The fraction of sp³-hybridized carbons (Fsp3) is 0.429. The number of thiocarbonyl (C=S) groups is 1. The van der Waals surface area contributed by atoms with Gasteiger partial charge in [-0.2, -0.15) is 13.2 Å². The normalized spacial score (nSPS) is 13.7. The molecule has 0 saturated carbocycles. The van der Waals surface area contributed by atoms with Gasteiger partial charge >= 0.3 is 6.18 Å². The predicted octanol–water partition coefficient (Wildman–Crippen LogP) is 3.12. The summed E-state index contributed by atoms with van der Waals surface area (Å²) in [6.45, 7) is 1.01. The van der Waals surface area contributed by atoms with E-state index in [0.29, 0.717) is 9.61 Å². The molecule has 1 aromatic rings. The molecule has 1 aromatic heterocycles. The molecule has 0 aliphatic rings. The highest BCUT2D eigenvalue weighted by Gasteiger charge is 2.36. The van der Waals surface area contributed by atoms with Crippen molar-refractivity contribution in [2.24, 2.45) is 0 Å². The average molecular weight is 319 g/mol. The number of thiazole rings is 1. The summed E-state index contributed by atoms with van der Waals surface area (Å²) in [5.41, 5.74) is 0. The molecule has 1 atom stereocenters. The van der Waals surface area contributed by atoms with E-state index in [1.54, 1.807) is 5.38 Å². The Morgan fingerprint density at radius 3 is 2.67 bits per heavy atom. The van der Waals surface area contributed by atoms with Crippen LogP contribution in [0.1, 0.15) is 11.9 Å². The lowest BCUT2D eigenvalue weighted by atomic mass is 10.3. The van der Waals surface area contributed by atoms with Crippen molar-refractivity contribution in [2.75, 3.05) is 0 Å². The summed E-state index contributed by atoms with van der Waals surface area (Å²) < 4.78 is 37.1. The molecule has 1 rings (SSSR count). The van der Waals surface area contributed by atoms with E-state index in [0.717, 1.165) is 6.92 Å². The second-order valence-corrected chi connectivity index (χ2v) is 4.79. The summed E-state index contributed by atoms with van der Waals surface area (Å²) in [6.07, 6.45) is -4.31. The van der Waals surface area contributed by atoms with Crippen molar-refractivity contribution in [3.63, 3.8) is 0 Å². The monoisotopic (exact) mass is 318 g/mol. The molecule has 84 valence electrons. The summed E-state index contributed by atoms with van der Waals surface area (Å²) in [5, 5.41) is 4.21. The van der Waals surface area contributed by atoms with Crippen LogP contribution in [0.15, 0.2) is 9.98 Å². The highest BCUT2D eigenvalue weighted by atomic mass is 79.9. The van der Waals surface area contributed by atoms with Gasteiger partial charge < -0.3 is 5.32 Å². The molecule has 0 aliphatic heterocycles. The van der Waals surface area contributed by atoms with Crippen LogP contribution in [0.25, 0.3) is 0 Å². The molecular weight excluding hydrogens is 313 g/mol. The van der Waals surface area contributed by atoms with Crippen molar-refractivity contribution >= 4 is 44.5 Å². The summed E-state index contributed by atoms with van der Waals surface area (Å²) in [7, 11) is 0. The van der Waals surface area contributed by atoms with Crippen molar-refractivity contribution in [3.05, 3.63) is 15.0 Å². The number of halogens is 4. The van der Waals surface area contributed by atoms with Crippen LogP contribution in [0, 0.1) is 0 Å². The quantitative estimate of drug-likeness (QED) is 0.848. The number of hydrogen-bond donors (Lipinski definition) is 1. The zero-order chi connectivity index (χ0) is 11.6. The van der Waals surface area contributed by atoms with Gasteiger partial charge in [0, 0.05) is 5.38 Å². The molecule has 1 heterocycles. The number of alkyl halides is 3. The van der Waals surface area contributed by atoms with Crippen LogP contribution in [0.2, 0.25) is 0 Å². The van der Waals surface area contributed by atoms with E-state index in [-0.39, 0.29) is 4.99 Å². The number of aromatic nitrogens is 1. The molecule has 8 heteroatoms. The Morgan fingerprint density at radius 1 is 1.67 bits per heavy atom. The van der Waals surface area contributed by atoms with E-state index < -0.39 is 12.2 Å². The Balaban J connectivity index is 2.64. The zero-order valence-electron chi connectivity index (χ0n) is 7.43. The predicted molar refractivity (Wildman–Crippen MR) is 60.2 cm³/mol. The SMILES string of the molecule is C[C@H](NC(=S)c1nc(Br)cs1)C(F)(F)F. The van der Waals surface area contributed by atoms with Crippen LogP contribution in [0.4, 0.5) is 13.2 Å². The largest absolute Gasteiger partial charge is 0.408 e. The molecule has 0 bridgehead atoms. The molecule has 0 unspecified atom stereocenters. The lowest BCUT2D eigenvalue weighted by Gasteiger charge is -2.17. The molecular formula is C7H6BrF3N2S2. The third-order valence-corrected chi connectivity index (χ3v) is 3.52. The topological polar surface area (TPSA) is 24.9 Å². The van der Waals surface area contributed by atoms with Crippen LogP contribution in [0.5, 0.6) is 0 Å². The molecule has 0 aromatic carbocycles. The minimum atomic E-state index is -4.31. The molecule has 0 saturated heterocycles. The summed E-state index contributed by atoms with van der Waals surface area (Å²) in [5.74, 6) is 0. The van der Waals surface area contributed by atoms with Gasteiger partial charge in [0.2, 0.25) is 0 Å². The molecule has 0 spiro atoms. The lowest BCUT2D eigenvalue weighted by Crippen LogP contribution is -2.42. The number of nitrogens with one attached hydrogen (secondary N) is 1. The first-order valence-corrected chi connectivity index (χ1v) is 5.87. The maximum atomic E-state index is 12.2. The van der Waals surface area contributed by atoms with Crippen molar-refractivity contribution in [1.82, 2.24) is 10.3 Å². The van der Waals surface area contributed by atoms with Crippen LogP contribution in [0.3, 0.4) is 0 Å². The van der Waals surface area contributed by atoms with E-state index >= 15 is 0 Å². The first-order valence-electron chi connectivity index (χ1n) is 3.79. The zero-order valence-corrected chi connectivity index (χ0v) is 10.6. The highest BCUT2D eigenvalue weighted by molar-refractivity contribution is 9.10. The van der Waals surface area contributed by atoms with Gasteiger partial charge in [-0.3, -0.25) is 0 Å². The third-order valence-electron chi connectivity index (χ3n) is 1.51. The van der Waals surface area contributed by atoms with E-state index in [1.807, 2.05) is 0 Å². The summed E-state index contributed by atoms with van der Waals surface area (Å²) >= 11 is 9.07. The van der Waals surface area contributed by atoms with Crippen molar-refractivity contribution in [1.29, 1.82) is 0 Å². The molecule has 0 radical (unpaired) electrons. The Labute approximate surface area is 102 Å². The number of rotatable bonds is 2. The van der Waals surface area contributed by atoms with Gasteiger partial charge in [0.15, 0.2) is 5.01 Å². The number of nitrogens with zero attached hydrogens (tertiary/aromatic N) is 1. The fourth-order valence-electron chi connectivity index (χ4n) is 0.699. The molecule has 1 N–H and O–H groups in total. The van der Waals surface area contributed by atoms with Crippen molar-refractivity contribution in [3.8, 4) is 0 Å². The van der Waals surface area contributed by atoms with Gasteiger partial charge in [0.1, 0.15) is 15.6 Å². The summed E-state index contributed by atoms with van der Waals surface area (Å²) in [6, 6.07) is -1.67. The molecule has 0 aliphatic carbocycles. The molecule has 2 nitrogen and oxygen atoms in total. The Morgan fingerprint density at radius 2 is 2.27 bits per heavy atom. The average Bonchev–Trinajstić information content (AvgIpc) is 2.50. The Bertz CT molecular complexity index is 363. The minimum Gasteiger partial charge on any atom is -0.363 e. The van der Waals surface area contributed by atoms with Crippen molar-refractivity contribution in [2.45, 2.75) is 19.1 Å². The second-order valence-electron chi connectivity index (χ2n) is 2.71. The Kier molecular flexibility index (Phi) is 4.07. The van der Waals surface area contributed by atoms with Gasteiger partial charge in [-0.1, -0.05) is 12.2 Å². The second kappa shape index (κ2) is 4.75. The van der Waals surface area contributed by atoms with E-state index in [9.17, 15) is 13.2 Å². The molecule has 0 amide bonds. The third kappa shape index (κ3) is 3.69. The van der Waals surface area contributed by atoms with Crippen LogP contribution >= 0.6 is 39.5 Å². The van der Waals surface area contributed by atoms with E-state index in [4.69, 9.17) is 12.2 Å². The van der Waals surface area contributed by atoms with Crippen LogP contribution in [-0.4, -0.2) is 22.2 Å². The van der Waals surface area contributed by atoms with Crippen LogP contribution < -0.4 is 5.32 Å². The van der Waals surface area contributed by atoms with Gasteiger partial charge in [0.25, 0.3) is 0 Å². The molecule has 15 heavy (non-hydrogen) atoms.